The van der Waals surface area contributed by atoms with Crippen LogP contribution in [0.2, 0.25) is 0 Å². The van der Waals surface area contributed by atoms with Gasteiger partial charge < -0.3 is 25.0 Å². The van der Waals surface area contributed by atoms with Gasteiger partial charge in [-0.15, -0.1) is 0 Å². The van der Waals surface area contributed by atoms with Crippen molar-refractivity contribution in [2.75, 3.05) is 38.6 Å². The molecule has 0 atom stereocenters. The Morgan fingerprint density at radius 3 is 2.52 bits per heavy atom. The zero-order chi connectivity index (χ0) is 21.9. The zero-order valence-electron chi connectivity index (χ0n) is 18.7. The quantitative estimate of drug-likeness (QED) is 0.581. The fourth-order valence-corrected chi connectivity index (χ4v) is 3.89. The van der Waals surface area contributed by atoms with Gasteiger partial charge in [-0.25, -0.2) is 4.79 Å². The van der Waals surface area contributed by atoms with Crippen LogP contribution in [0.4, 0.5) is 10.5 Å². The molecule has 1 fully saturated rings. The van der Waals surface area contributed by atoms with Gasteiger partial charge in [-0.1, -0.05) is 31.2 Å². The molecular weight excluding hydrogens is 390 g/mol. The van der Waals surface area contributed by atoms with E-state index in [1.54, 1.807) is 7.11 Å². The summed E-state index contributed by atoms with van der Waals surface area (Å²) in [7, 11) is 1.66. The van der Waals surface area contributed by atoms with Crippen molar-refractivity contribution >= 4 is 11.7 Å². The van der Waals surface area contributed by atoms with Crippen LogP contribution in [0.25, 0.3) is 0 Å². The number of methoxy groups -OCH3 is 1. The lowest BCUT2D eigenvalue weighted by Crippen LogP contribution is -2.40. The summed E-state index contributed by atoms with van der Waals surface area (Å²) in [5, 5.41) is 5.97. The maximum Gasteiger partial charge on any atom is 0.319 e. The molecule has 1 aliphatic rings. The number of carbonyl (C=O) groups is 1. The second-order valence-electron chi connectivity index (χ2n) is 8.16. The molecule has 31 heavy (non-hydrogen) atoms. The Labute approximate surface area is 185 Å². The average Bonchev–Trinajstić information content (AvgIpc) is 2.79. The first-order chi connectivity index (χ1) is 15.2. The molecule has 2 amide bonds. The minimum atomic E-state index is -0.146. The predicted molar refractivity (Wildman–Crippen MR) is 124 cm³/mol. The van der Waals surface area contributed by atoms with E-state index >= 15 is 0 Å². The van der Waals surface area contributed by atoms with Crippen LogP contribution in [0.1, 0.15) is 37.3 Å². The van der Waals surface area contributed by atoms with Gasteiger partial charge in [-0.05, 0) is 80.2 Å². The summed E-state index contributed by atoms with van der Waals surface area (Å²) in [5.74, 6) is 1.40. The number of amides is 2. The number of rotatable bonds is 10. The van der Waals surface area contributed by atoms with Crippen LogP contribution < -0.4 is 15.4 Å². The molecule has 0 spiro atoms. The van der Waals surface area contributed by atoms with Crippen LogP contribution in [-0.2, 0) is 18.0 Å². The summed E-state index contributed by atoms with van der Waals surface area (Å²) in [6.07, 6.45) is 3.51. The third-order valence-electron chi connectivity index (χ3n) is 5.68. The Bertz CT molecular complexity index is 802. The van der Waals surface area contributed by atoms with Crippen molar-refractivity contribution in [1.82, 2.24) is 10.2 Å². The van der Waals surface area contributed by atoms with Gasteiger partial charge in [0.15, 0.2) is 0 Å². The normalized spacial score (nSPS) is 14.9. The lowest BCUT2D eigenvalue weighted by Gasteiger charge is -2.31. The summed E-state index contributed by atoms with van der Waals surface area (Å²) < 4.78 is 11.0. The highest BCUT2D eigenvalue weighted by atomic mass is 16.5. The van der Waals surface area contributed by atoms with E-state index in [0.717, 1.165) is 55.0 Å². The van der Waals surface area contributed by atoms with Crippen molar-refractivity contribution in [3.05, 3.63) is 59.7 Å². The minimum absolute atomic E-state index is 0.146. The maximum atomic E-state index is 12.3. The molecule has 1 heterocycles. The standard InChI is InChI=1S/C25H35N3O3/c1-3-13-28-14-11-20(12-15-28)17-26-25(29)27-23-6-4-5-22(16-23)19-31-18-21-7-9-24(30-2)10-8-21/h4-10,16,20H,3,11-15,17-19H2,1-2H3,(H2,26,27,29). The molecule has 0 bridgehead atoms. The molecule has 2 N–H and O–H groups in total. The molecule has 0 saturated carbocycles. The molecule has 2 aromatic rings. The van der Waals surface area contributed by atoms with Gasteiger partial charge in [0, 0.05) is 12.2 Å². The van der Waals surface area contributed by atoms with Crippen molar-refractivity contribution in [2.24, 2.45) is 5.92 Å². The van der Waals surface area contributed by atoms with Crippen LogP contribution in [0, 0.1) is 5.92 Å². The van der Waals surface area contributed by atoms with Crippen LogP contribution >= 0.6 is 0 Å². The van der Waals surface area contributed by atoms with E-state index in [9.17, 15) is 4.79 Å². The second kappa shape index (κ2) is 12.3. The van der Waals surface area contributed by atoms with E-state index in [4.69, 9.17) is 9.47 Å². The van der Waals surface area contributed by atoms with Gasteiger partial charge >= 0.3 is 6.03 Å². The molecule has 0 radical (unpaired) electrons. The Morgan fingerprint density at radius 1 is 1.06 bits per heavy atom. The Kier molecular flexibility index (Phi) is 9.18. The summed E-state index contributed by atoms with van der Waals surface area (Å²) in [5.41, 5.74) is 2.89. The molecule has 2 aromatic carbocycles. The molecule has 0 aromatic heterocycles. The van der Waals surface area contributed by atoms with Crippen molar-refractivity contribution in [2.45, 2.75) is 39.4 Å². The van der Waals surface area contributed by atoms with E-state index in [2.05, 4.69) is 22.5 Å². The highest BCUT2D eigenvalue weighted by Crippen LogP contribution is 2.17. The third kappa shape index (κ3) is 7.89. The van der Waals surface area contributed by atoms with Gasteiger partial charge in [0.1, 0.15) is 5.75 Å². The summed E-state index contributed by atoms with van der Waals surface area (Å²) in [4.78, 5) is 14.8. The topological polar surface area (TPSA) is 62.8 Å². The number of nitrogens with zero attached hydrogens (tertiary/aromatic N) is 1. The number of piperidine rings is 1. The number of hydrogen-bond acceptors (Lipinski definition) is 4. The van der Waals surface area contributed by atoms with Gasteiger partial charge in [0.05, 0.1) is 20.3 Å². The number of benzene rings is 2. The van der Waals surface area contributed by atoms with Crippen LogP contribution in [0.3, 0.4) is 0 Å². The molecule has 1 aliphatic heterocycles. The van der Waals surface area contributed by atoms with E-state index in [1.807, 2.05) is 48.5 Å². The molecule has 0 unspecified atom stereocenters. The van der Waals surface area contributed by atoms with Gasteiger partial charge in [0.2, 0.25) is 0 Å². The lowest BCUT2D eigenvalue weighted by molar-refractivity contribution is 0.107. The first kappa shape index (κ1) is 23.1. The van der Waals surface area contributed by atoms with E-state index in [0.29, 0.717) is 19.1 Å². The van der Waals surface area contributed by atoms with Crippen molar-refractivity contribution in [3.63, 3.8) is 0 Å². The minimum Gasteiger partial charge on any atom is -0.497 e. The van der Waals surface area contributed by atoms with Gasteiger partial charge in [-0.3, -0.25) is 0 Å². The number of nitrogens with one attached hydrogen (secondary N) is 2. The highest BCUT2D eigenvalue weighted by Gasteiger charge is 2.19. The van der Waals surface area contributed by atoms with Crippen LogP contribution in [-0.4, -0.2) is 44.2 Å². The predicted octanol–water partition coefficient (Wildman–Crippen LogP) is 4.66. The average molecular weight is 426 g/mol. The molecular formula is C25H35N3O3. The van der Waals surface area contributed by atoms with Gasteiger partial charge in [-0.2, -0.15) is 0 Å². The number of anilines is 1. The smallest absolute Gasteiger partial charge is 0.319 e. The third-order valence-corrected chi connectivity index (χ3v) is 5.68. The molecule has 1 saturated heterocycles. The monoisotopic (exact) mass is 425 g/mol. The molecule has 6 nitrogen and oxygen atoms in total. The molecule has 0 aliphatic carbocycles. The first-order valence-corrected chi connectivity index (χ1v) is 11.2. The van der Waals surface area contributed by atoms with Crippen LogP contribution in [0.5, 0.6) is 5.75 Å². The highest BCUT2D eigenvalue weighted by molar-refractivity contribution is 5.89. The summed E-state index contributed by atoms with van der Waals surface area (Å²) in [6.45, 7) is 7.43. The molecule has 168 valence electrons. The SMILES string of the molecule is CCCN1CCC(CNC(=O)Nc2cccc(COCc3ccc(OC)cc3)c2)CC1. The van der Waals surface area contributed by atoms with E-state index in [1.165, 1.54) is 13.0 Å². The van der Waals surface area contributed by atoms with Crippen LogP contribution in [0.15, 0.2) is 48.5 Å². The molecule has 6 heteroatoms. The fourth-order valence-electron chi connectivity index (χ4n) is 3.89. The Balaban J connectivity index is 1.37. The van der Waals surface area contributed by atoms with Crippen molar-refractivity contribution in [3.8, 4) is 5.75 Å². The summed E-state index contributed by atoms with van der Waals surface area (Å²) in [6, 6.07) is 15.5. The maximum absolute atomic E-state index is 12.3. The number of urea groups is 1. The Morgan fingerprint density at radius 2 is 1.81 bits per heavy atom. The number of hydrogen-bond donors (Lipinski definition) is 2. The summed E-state index contributed by atoms with van der Waals surface area (Å²) >= 11 is 0. The second-order valence-corrected chi connectivity index (χ2v) is 8.16. The fraction of sp³-hybridized carbons (Fsp3) is 0.480. The van der Waals surface area contributed by atoms with Crippen molar-refractivity contribution < 1.29 is 14.3 Å². The molecule has 3 rings (SSSR count). The van der Waals surface area contributed by atoms with E-state index < -0.39 is 0 Å². The zero-order valence-corrected chi connectivity index (χ0v) is 18.7. The number of ether oxygens (including phenoxy) is 2. The lowest BCUT2D eigenvalue weighted by atomic mass is 9.97. The Hall–Kier alpha value is -2.57. The number of likely N-dealkylation sites (tertiary alicyclic amines) is 1. The van der Waals surface area contributed by atoms with Gasteiger partial charge in [0.25, 0.3) is 0 Å². The van der Waals surface area contributed by atoms with E-state index in [-0.39, 0.29) is 6.03 Å². The number of carbonyl (C=O) groups excluding carboxylic acids is 1. The van der Waals surface area contributed by atoms with Crippen molar-refractivity contribution in [1.29, 1.82) is 0 Å². The largest absolute Gasteiger partial charge is 0.497 e. The first-order valence-electron chi connectivity index (χ1n) is 11.2.